The summed E-state index contributed by atoms with van der Waals surface area (Å²) in [7, 11) is 0. The standard InChI is InChI=1S/C9H11ClO2/c1-9-3-2-7(11)8(12-9)6(4-9)5-10/h4,8H,2-3,5H2,1H3. The molecule has 66 valence electrons. The zero-order chi connectivity index (χ0) is 8.77. The van der Waals surface area contributed by atoms with Gasteiger partial charge in [0.15, 0.2) is 5.78 Å². The van der Waals surface area contributed by atoms with Gasteiger partial charge in [-0.25, -0.2) is 0 Å². The molecule has 2 heterocycles. The maximum atomic E-state index is 11.3. The van der Waals surface area contributed by atoms with Crippen LogP contribution in [0.2, 0.25) is 0 Å². The molecule has 1 fully saturated rings. The fourth-order valence-corrected chi connectivity index (χ4v) is 2.08. The number of rotatable bonds is 1. The lowest BCUT2D eigenvalue weighted by molar-refractivity contribution is -0.141. The van der Waals surface area contributed by atoms with Crippen LogP contribution in [-0.2, 0) is 9.53 Å². The summed E-state index contributed by atoms with van der Waals surface area (Å²) >= 11 is 5.70. The summed E-state index contributed by atoms with van der Waals surface area (Å²) < 4.78 is 5.57. The number of halogens is 1. The van der Waals surface area contributed by atoms with Gasteiger partial charge in [0.25, 0.3) is 0 Å². The fraction of sp³-hybridized carbons (Fsp3) is 0.667. The first-order valence-corrected chi connectivity index (χ1v) is 4.66. The third-order valence-electron chi connectivity index (χ3n) is 2.53. The Bertz CT molecular complexity index is 259. The highest BCUT2D eigenvalue weighted by Gasteiger charge is 2.43. The molecular formula is C9H11ClO2. The number of carbonyl (C=O) groups excluding carboxylic acids is 1. The van der Waals surface area contributed by atoms with E-state index in [4.69, 9.17) is 16.3 Å². The van der Waals surface area contributed by atoms with Crippen molar-refractivity contribution in [3.8, 4) is 0 Å². The van der Waals surface area contributed by atoms with E-state index >= 15 is 0 Å². The Hall–Kier alpha value is -0.340. The van der Waals surface area contributed by atoms with E-state index in [2.05, 4.69) is 0 Å². The van der Waals surface area contributed by atoms with Crippen molar-refractivity contribution in [1.29, 1.82) is 0 Å². The SMILES string of the molecule is CC12C=C(CCl)C(O1)C(=O)CC2. The van der Waals surface area contributed by atoms with Gasteiger partial charge in [-0.1, -0.05) is 0 Å². The molecule has 2 aliphatic rings. The van der Waals surface area contributed by atoms with Crippen LogP contribution in [0.5, 0.6) is 0 Å². The third kappa shape index (κ3) is 1.10. The zero-order valence-corrected chi connectivity index (χ0v) is 7.73. The summed E-state index contributed by atoms with van der Waals surface area (Å²) in [5.74, 6) is 0.586. The van der Waals surface area contributed by atoms with Gasteiger partial charge in [0.05, 0.1) is 5.60 Å². The van der Waals surface area contributed by atoms with Crippen molar-refractivity contribution in [2.75, 3.05) is 5.88 Å². The lowest BCUT2D eigenvalue weighted by atomic mass is 9.98. The third-order valence-corrected chi connectivity index (χ3v) is 2.84. The summed E-state index contributed by atoms with van der Waals surface area (Å²) in [5, 5.41) is 0. The van der Waals surface area contributed by atoms with Crippen molar-refractivity contribution < 1.29 is 9.53 Å². The summed E-state index contributed by atoms with van der Waals surface area (Å²) in [6, 6.07) is 0. The number of ether oxygens (including phenoxy) is 1. The molecule has 2 nitrogen and oxygen atoms in total. The van der Waals surface area contributed by atoms with Crippen molar-refractivity contribution in [3.05, 3.63) is 11.6 Å². The largest absolute Gasteiger partial charge is 0.356 e. The highest BCUT2D eigenvalue weighted by Crippen LogP contribution is 2.38. The van der Waals surface area contributed by atoms with Crippen molar-refractivity contribution in [2.45, 2.75) is 31.5 Å². The molecule has 2 bridgehead atoms. The first-order valence-electron chi connectivity index (χ1n) is 4.13. The molecular weight excluding hydrogens is 176 g/mol. The van der Waals surface area contributed by atoms with E-state index in [0.717, 1.165) is 12.0 Å². The molecule has 0 spiro atoms. The molecule has 0 aromatic rings. The highest BCUT2D eigenvalue weighted by atomic mass is 35.5. The molecule has 0 aromatic heterocycles. The van der Waals surface area contributed by atoms with E-state index in [9.17, 15) is 4.79 Å². The number of alkyl halides is 1. The molecule has 2 rings (SSSR count). The van der Waals surface area contributed by atoms with Crippen LogP contribution in [0.4, 0.5) is 0 Å². The molecule has 0 saturated carbocycles. The number of fused-ring (bicyclic) bond motifs is 2. The topological polar surface area (TPSA) is 26.3 Å². The van der Waals surface area contributed by atoms with Gasteiger partial charge in [0, 0.05) is 12.3 Å². The van der Waals surface area contributed by atoms with Gasteiger partial charge < -0.3 is 4.74 Å². The van der Waals surface area contributed by atoms with E-state index < -0.39 is 0 Å². The van der Waals surface area contributed by atoms with Crippen molar-refractivity contribution >= 4 is 17.4 Å². The Morgan fingerprint density at radius 1 is 1.83 bits per heavy atom. The highest BCUT2D eigenvalue weighted by molar-refractivity contribution is 6.20. The summed E-state index contributed by atoms with van der Waals surface area (Å²) in [6.45, 7) is 2.01. The van der Waals surface area contributed by atoms with E-state index in [1.54, 1.807) is 0 Å². The smallest absolute Gasteiger partial charge is 0.165 e. The van der Waals surface area contributed by atoms with Crippen LogP contribution in [0.1, 0.15) is 19.8 Å². The molecule has 2 unspecified atom stereocenters. The van der Waals surface area contributed by atoms with Gasteiger partial charge in [0.1, 0.15) is 6.10 Å². The predicted octanol–water partition coefficient (Wildman–Crippen LogP) is 1.67. The number of ketones is 1. The van der Waals surface area contributed by atoms with Crippen LogP contribution >= 0.6 is 11.6 Å². The second-order valence-electron chi connectivity index (χ2n) is 3.63. The first kappa shape index (κ1) is 8.27. The number of hydrogen-bond acceptors (Lipinski definition) is 2. The Morgan fingerprint density at radius 2 is 2.58 bits per heavy atom. The Labute approximate surface area is 76.5 Å². The van der Waals surface area contributed by atoms with Crippen molar-refractivity contribution in [2.24, 2.45) is 0 Å². The van der Waals surface area contributed by atoms with Gasteiger partial charge >= 0.3 is 0 Å². The van der Waals surface area contributed by atoms with Crippen LogP contribution < -0.4 is 0 Å². The average molecular weight is 187 g/mol. The lowest BCUT2D eigenvalue weighted by Gasteiger charge is -2.28. The molecule has 2 atom stereocenters. The van der Waals surface area contributed by atoms with Crippen LogP contribution in [0, 0.1) is 0 Å². The Morgan fingerprint density at radius 3 is 3.25 bits per heavy atom. The van der Waals surface area contributed by atoms with Gasteiger partial charge in [-0.15, -0.1) is 11.6 Å². The maximum absolute atomic E-state index is 11.3. The number of carbonyl (C=O) groups is 1. The second kappa shape index (κ2) is 2.57. The number of Topliss-reactive ketones (excluding diaryl/α,β-unsaturated/α-hetero) is 1. The fourth-order valence-electron chi connectivity index (χ4n) is 1.86. The Kier molecular flexibility index (Phi) is 1.77. The summed E-state index contributed by atoms with van der Waals surface area (Å²) in [4.78, 5) is 11.3. The molecule has 0 aromatic carbocycles. The predicted molar refractivity (Wildman–Crippen MR) is 46.3 cm³/mol. The molecule has 2 aliphatic heterocycles. The first-order chi connectivity index (χ1) is 5.64. The summed E-state index contributed by atoms with van der Waals surface area (Å²) in [6.07, 6.45) is 3.09. The van der Waals surface area contributed by atoms with Crippen LogP contribution in [0.15, 0.2) is 11.6 Å². The molecule has 0 amide bonds. The van der Waals surface area contributed by atoms with Gasteiger partial charge in [-0.2, -0.15) is 0 Å². The quantitative estimate of drug-likeness (QED) is 0.460. The molecule has 12 heavy (non-hydrogen) atoms. The minimum atomic E-state index is -0.332. The van der Waals surface area contributed by atoms with Crippen LogP contribution in [0.3, 0.4) is 0 Å². The normalized spacial score (nSPS) is 40.0. The van der Waals surface area contributed by atoms with Gasteiger partial charge in [0.2, 0.25) is 0 Å². The molecule has 3 heteroatoms. The summed E-state index contributed by atoms with van der Waals surface area (Å²) in [5.41, 5.74) is 0.727. The number of hydrogen-bond donors (Lipinski definition) is 0. The second-order valence-corrected chi connectivity index (χ2v) is 3.90. The van der Waals surface area contributed by atoms with E-state index in [1.165, 1.54) is 0 Å². The van der Waals surface area contributed by atoms with Crippen LogP contribution in [-0.4, -0.2) is 23.4 Å². The minimum Gasteiger partial charge on any atom is -0.356 e. The minimum absolute atomic E-state index is 0.178. The maximum Gasteiger partial charge on any atom is 0.165 e. The lowest BCUT2D eigenvalue weighted by Crippen LogP contribution is -2.36. The average Bonchev–Trinajstić information content (AvgIpc) is 2.34. The van der Waals surface area contributed by atoms with Crippen LogP contribution in [0.25, 0.3) is 0 Å². The molecule has 0 aliphatic carbocycles. The van der Waals surface area contributed by atoms with E-state index in [0.29, 0.717) is 12.3 Å². The van der Waals surface area contributed by atoms with E-state index in [1.807, 2.05) is 13.0 Å². The van der Waals surface area contributed by atoms with Crippen molar-refractivity contribution in [1.82, 2.24) is 0 Å². The molecule has 0 N–H and O–H groups in total. The van der Waals surface area contributed by atoms with E-state index in [-0.39, 0.29) is 17.5 Å². The van der Waals surface area contributed by atoms with Gasteiger partial charge in [-0.05, 0) is 25.0 Å². The Balaban J connectivity index is 2.32. The molecule has 1 saturated heterocycles. The van der Waals surface area contributed by atoms with Gasteiger partial charge in [-0.3, -0.25) is 4.79 Å². The zero-order valence-electron chi connectivity index (χ0n) is 6.97. The van der Waals surface area contributed by atoms with Crippen molar-refractivity contribution in [3.63, 3.8) is 0 Å². The monoisotopic (exact) mass is 186 g/mol. The molecule has 0 radical (unpaired) electrons.